The lowest BCUT2D eigenvalue weighted by Crippen LogP contribution is -2.06. The maximum Gasteiger partial charge on any atom is 0.342 e. The number of halogens is 2. The van der Waals surface area contributed by atoms with Crippen molar-refractivity contribution in [3.05, 3.63) is 34.8 Å². The van der Waals surface area contributed by atoms with Gasteiger partial charge >= 0.3 is 11.9 Å². The van der Waals surface area contributed by atoms with Crippen molar-refractivity contribution in [3.8, 4) is 0 Å². The summed E-state index contributed by atoms with van der Waals surface area (Å²) in [5.74, 6) is 0.00452. The number of hydrogen-bond donors (Lipinski definition) is 0. The van der Waals surface area contributed by atoms with Crippen molar-refractivity contribution in [1.29, 1.82) is 0 Å². The largest absolute Gasteiger partial charge is 0.462 e. The molecule has 8 heteroatoms. The van der Waals surface area contributed by atoms with Gasteiger partial charge < -0.3 is 18.3 Å². The second kappa shape index (κ2) is 7.84. The van der Waals surface area contributed by atoms with E-state index < -0.39 is 11.9 Å². The highest BCUT2D eigenvalue weighted by molar-refractivity contribution is 9.08. The van der Waals surface area contributed by atoms with Gasteiger partial charge in [0.25, 0.3) is 0 Å². The minimum absolute atomic E-state index is 0.261. The highest BCUT2D eigenvalue weighted by Crippen LogP contribution is 2.36. The molecule has 3 aromatic rings. The fourth-order valence-electron chi connectivity index (χ4n) is 2.83. The molecule has 6 nitrogen and oxygen atoms in total. The van der Waals surface area contributed by atoms with Gasteiger partial charge in [0, 0.05) is 10.8 Å². The zero-order valence-corrected chi connectivity index (χ0v) is 17.4. The molecule has 0 aliphatic rings. The highest BCUT2D eigenvalue weighted by atomic mass is 79.9. The molecule has 0 radical (unpaired) electrons. The Morgan fingerprint density at radius 3 is 1.54 bits per heavy atom. The summed E-state index contributed by atoms with van der Waals surface area (Å²) in [5.41, 5.74) is 1.66. The van der Waals surface area contributed by atoms with Crippen molar-refractivity contribution in [2.24, 2.45) is 0 Å². The fourth-order valence-corrected chi connectivity index (χ4v) is 3.62. The van der Waals surface area contributed by atoms with Crippen molar-refractivity contribution >= 4 is 65.7 Å². The molecular formula is C18H16Br2O6. The number of fused-ring (bicyclic) bond motifs is 2. The van der Waals surface area contributed by atoms with Crippen LogP contribution >= 0.6 is 31.9 Å². The van der Waals surface area contributed by atoms with Crippen molar-refractivity contribution in [2.75, 3.05) is 13.2 Å². The Labute approximate surface area is 166 Å². The predicted octanol–water partition coefficient (Wildman–Crippen LogP) is 5.32. The number of carbonyl (C=O) groups excluding carboxylic acids is 2. The van der Waals surface area contributed by atoms with E-state index in [2.05, 4.69) is 31.9 Å². The van der Waals surface area contributed by atoms with E-state index in [1.54, 1.807) is 26.0 Å². The first-order valence-electron chi connectivity index (χ1n) is 8.02. The van der Waals surface area contributed by atoms with Gasteiger partial charge in [-0.2, -0.15) is 0 Å². The van der Waals surface area contributed by atoms with E-state index in [0.29, 0.717) is 55.2 Å². The van der Waals surface area contributed by atoms with E-state index >= 15 is 0 Å². The number of ether oxygens (including phenoxy) is 2. The van der Waals surface area contributed by atoms with Crippen molar-refractivity contribution < 1.29 is 27.9 Å². The minimum Gasteiger partial charge on any atom is -0.462 e. The van der Waals surface area contributed by atoms with Gasteiger partial charge in [0.15, 0.2) is 0 Å². The SMILES string of the molecule is CCOC(=O)c1c(CBr)oc2cc3c(C(=O)OCC)c(CBr)oc3cc12. The molecule has 0 unspecified atom stereocenters. The fraction of sp³-hybridized carbons (Fsp3) is 0.333. The van der Waals surface area contributed by atoms with Gasteiger partial charge in [0.1, 0.15) is 33.8 Å². The third-order valence-corrected chi connectivity index (χ3v) is 4.86. The minimum atomic E-state index is -0.460. The Balaban J connectivity index is 2.28. The Morgan fingerprint density at radius 1 is 0.846 bits per heavy atom. The average molecular weight is 488 g/mol. The monoisotopic (exact) mass is 486 g/mol. The van der Waals surface area contributed by atoms with Gasteiger partial charge in [-0.1, -0.05) is 31.9 Å². The van der Waals surface area contributed by atoms with Crippen LogP contribution in [0.25, 0.3) is 21.9 Å². The van der Waals surface area contributed by atoms with Crippen LogP contribution in [0.15, 0.2) is 21.0 Å². The number of furan rings is 2. The quantitative estimate of drug-likeness (QED) is 0.345. The third-order valence-electron chi connectivity index (χ3n) is 3.85. The first-order chi connectivity index (χ1) is 12.5. The molecule has 0 bridgehead atoms. The summed E-state index contributed by atoms with van der Waals surface area (Å²) in [6.07, 6.45) is 0. The van der Waals surface area contributed by atoms with Gasteiger partial charge in [0.05, 0.1) is 23.9 Å². The molecule has 2 heterocycles. The molecule has 0 aliphatic carbocycles. The summed E-state index contributed by atoms with van der Waals surface area (Å²) < 4.78 is 21.9. The normalized spacial score (nSPS) is 11.2. The van der Waals surface area contributed by atoms with Gasteiger partial charge in [-0.15, -0.1) is 0 Å². The highest BCUT2D eigenvalue weighted by Gasteiger charge is 2.26. The Kier molecular flexibility index (Phi) is 5.72. The number of rotatable bonds is 6. The van der Waals surface area contributed by atoms with E-state index in [-0.39, 0.29) is 13.2 Å². The zero-order valence-electron chi connectivity index (χ0n) is 14.2. The molecule has 138 valence electrons. The van der Waals surface area contributed by atoms with Gasteiger partial charge in [0.2, 0.25) is 0 Å². The molecule has 0 aliphatic heterocycles. The van der Waals surface area contributed by atoms with Crippen LogP contribution in [-0.2, 0) is 20.1 Å². The van der Waals surface area contributed by atoms with Crippen LogP contribution in [0.4, 0.5) is 0 Å². The van der Waals surface area contributed by atoms with Crippen LogP contribution in [-0.4, -0.2) is 25.2 Å². The maximum atomic E-state index is 12.3. The van der Waals surface area contributed by atoms with Crippen molar-refractivity contribution in [2.45, 2.75) is 24.5 Å². The molecule has 0 saturated heterocycles. The van der Waals surface area contributed by atoms with Gasteiger partial charge in [-0.05, 0) is 26.0 Å². The van der Waals surface area contributed by atoms with E-state index in [1.807, 2.05) is 0 Å². The first-order valence-corrected chi connectivity index (χ1v) is 10.3. The molecule has 0 atom stereocenters. The summed E-state index contributed by atoms with van der Waals surface area (Å²) in [4.78, 5) is 24.7. The second-order valence-electron chi connectivity index (χ2n) is 5.35. The number of alkyl halides is 2. The van der Waals surface area contributed by atoms with Gasteiger partial charge in [-0.3, -0.25) is 0 Å². The molecule has 0 saturated carbocycles. The Morgan fingerprint density at radius 2 is 1.23 bits per heavy atom. The van der Waals surface area contributed by atoms with Crippen LogP contribution in [0.2, 0.25) is 0 Å². The Bertz CT molecular complexity index is 905. The summed E-state index contributed by atoms with van der Waals surface area (Å²) in [5, 5.41) is 1.87. The molecule has 0 N–H and O–H groups in total. The van der Waals surface area contributed by atoms with Gasteiger partial charge in [-0.25, -0.2) is 9.59 Å². The third kappa shape index (κ3) is 3.16. The van der Waals surface area contributed by atoms with Crippen LogP contribution in [0, 0.1) is 0 Å². The van der Waals surface area contributed by atoms with Crippen molar-refractivity contribution in [3.63, 3.8) is 0 Å². The zero-order chi connectivity index (χ0) is 18.8. The molecule has 0 spiro atoms. The van der Waals surface area contributed by atoms with E-state index in [9.17, 15) is 9.59 Å². The predicted molar refractivity (Wildman–Crippen MR) is 103 cm³/mol. The molecule has 3 rings (SSSR count). The second-order valence-corrected chi connectivity index (χ2v) is 6.47. The summed E-state index contributed by atoms with van der Waals surface area (Å²) in [6.45, 7) is 4.01. The summed E-state index contributed by atoms with van der Waals surface area (Å²) in [6, 6.07) is 3.39. The lowest BCUT2D eigenvalue weighted by Gasteiger charge is -2.01. The average Bonchev–Trinajstić information content (AvgIpc) is 3.16. The maximum absolute atomic E-state index is 12.3. The lowest BCUT2D eigenvalue weighted by molar-refractivity contribution is 0.0516. The Hall–Kier alpha value is -1.80. The number of hydrogen-bond acceptors (Lipinski definition) is 6. The van der Waals surface area contributed by atoms with E-state index in [1.165, 1.54) is 0 Å². The standard InChI is InChI=1S/C18H16Br2O6/c1-3-23-17(21)15-9-5-12-10(6-11(9)25-13(15)7-19)16(14(8-20)26-12)18(22)24-4-2/h5-6H,3-4,7-8H2,1-2H3. The molecule has 26 heavy (non-hydrogen) atoms. The van der Waals surface area contributed by atoms with Crippen LogP contribution in [0.5, 0.6) is 0 Å². The lowest BCUT2D eigenvalue weighted by atomic mass is 10.1. The first kappa shape index (κ1) is 19.0. The number of benzene rings is 1. The smallest absolute Gasteiger partial charge is 0.342 e. The topological polar surface area (TPSA) is 78.9 Å². The molecule has 1 aromatic carbocycles. The molecular weight excluding hydrogens is 472 g/mol. The van der Waals surface area contributed by atoms with Crippen molar-refractivity contribution in [1.82, 2.24) is 0 Å². The number of carbonyl (C=O) groups is 2. The van der Waals surface area contributed by atoms with Crippen LogP contribution in [0.3, 0.4) is 0 Å². The molecule has 0 amide bonds. The number of esters is 2. The van der Waals surface area contributed by atoms with Crippen LogP contribution in [0.1, 0.15) is 46.1 Å². The molecule has 2 aromatic heterocycles. The summed E-state index contributed by atoms with van der Waals surface area (Å²) in [7, 11) is 0. The summed E-state index contributed by atoms with van der Waals surface area (Å²) >= 11 is 6.66. The van der Waals surface area contributed by atoms with E-state index in [0.717, 1.165) is 0 Å². The van der Waals surface area contributed by atoms with Crippen LogP contribution < -0.4 is 0 Å². The molecule has 0 fully saturated rings. The van der Waals surface area contributed by atoms with E-state index in [4.69, 9.17) is 18.3 Å².